The molecule has 2 N–H and O–H groups in total. The Morgan fingerprint density at radius 1 is 1.34 bits per heavy atom. The van der Waals surface area contributed by atoms with Crippen molar-refractivity contribution >= 4 is 29.5 Å². The minimum absolute atomic E-state index is 0. The molecule has 0 amide bonds. The predicted octanol–water partition coefficient (Wildman–Crippen LogP) is 3.50. The molecule has 0 aliphatic carbocycles. The number of pyridine rings is 2. The minimum Gasteiger partial charge on any atom is -0.479 e. The molecule has 1 unspecified atom stereocenters. The van der Waals surface area contributed by atoms with Crippen molar-refractivity contribution in [1.82, 2.24) is 34.9 Å². The van der Waals surface area contributed by atoms with E-state index < -0.39 is 30.7 Å². The molecule has 4 aromatic heterocycles. The van der Waals surface area contributed by atoms with Crippen LogP contribution in [-0.2, 0) is 0 Å². The van der Waals surface area contributed by atoms with Crippen LogP contribution in [-0.4, -0.2) is 60.6 Å². The highest BCUT2D eigenvalue weighted by Crippen LogP contribution is 2.35. The van der Waals surface area contributed by atoms with Crippen LogP contribution in [0.3, 0.4) is 0 Å². The second-order valence-electron chi connectivity index (χ2n) is 8.11. The van der Waals surface area contributed by atoms with E-state index in [1.807, 2.05) is 6.92 Å². The Kier molecular flexibility index (Phi) is 7.50. The summed E-state index contributed by atoms with van der Waals surface area (Å²) in [5.74, 6) is -0.171. The second kappa shape index (κ2) is 10.4. The number of aliphatic hydroxyl groups excluding tert-OH is 1. The van der Waals surface area contributed by atoms with Crippen LogP contribution >= 0.6 is 24.0 Å². The SMILES string of the molecule is Cc1c(-c2cc(OC(CO)c3ccc(F)cn3)c3c(Cl)cnn3c2)nnn1[C@@H]1CCNC[C@H]1F.Cl. The molecule has 186 valence electrons. The molecule has 0 radical (unpaired) electrons. The first-order valence-corrected chi connectivity index (χ1v) is 11.2. The predicted molar refractivity (Wildman–Crippen MR) is 127 cm³/mol. The Bertz CT molecular complexity index is 1320. The Hall–Kier alpha value is -2.86. The maximum Gasteiger partial charge on any atom is 0.163 e. The maximum atomic E-state index is 14.5. The number of hydrogen-bond donors (Lipinski definition) is 2. The van der Waals surface area contributed by atoms with Gasteiger partial charge < -0.3 is 15.2 Å². The quantitative estimate of drug-likeness (QED) is 0.397. The number of nitrogens with one attached hydrogen (secondary N) is 1. The van der Waals surface area contributed by atoms with Gasteiger partial charge in [0.25, 0.3) is 0 Å². The third kappa shape index (κ3) is 4.81. The summed E-state index contributed by atoms with van der Waals surface area (Å²) >= 11 is 6.35. The highest BCUT2D eigenvalue weighted by molar-refractivity contribution is 6.34. The number of piperidine rings is 1. The van der Waals surface area contributed by atoms with E-state index in [2.05, 4.69) is 25.7 Å². The van der Waals surface area contributed by atoms with Crippen molar-refractivity contribution in [1.29, 1.82) is 0 Å². The average molecular weight is 526 g/mol. The van der Waals surface area contributed by atoms with Crippen molar-refractivity contribution in [3.05, 3.63) is 59.0 Å². The molecular weight excluding hydrogens is 503 g/mol. The summed E-state index contributed by atoms with van der Waals surface area (Å²) in [4.78, 5) is 4.01. The zero-order valence-electron chi connectivity index (χ0n) is 18.6. The molecule has 35 heavy (non-hydrogen) atoms. The molecule has 1 saturated heterocycles. The summed E-state index contributed by atoms with van der Waals surface area (Å²) < 4.78 is 37.1. The summed E-state index contributed by atoms with van der Waals surface area (Å²) in [6.45, 7) is 2.41. The molecule has 1 aliphatic heterocycles. The molecule has 3 atom stereocenters. The van der Waals surface area contributed by atoms with Crippen LogP contribution in [0.1, 0.15) is 30.0 Å². The molecule has 5 rings (SSSR count). The molecule has 0 spiro atoms. The number of ether oxygens (including phenoxy) is 1. The van der Waals surface area contributed by atoms with E-state index in [4.69, 9.17) is 16.3 Å². The summed E-state index contributed by atoms with van der Waals surface area (Å²) in [5, 5.41) is 26.1. The number of fused-ring (bicyclic) bond motifs is 1. The van der Waals surface area contributed by atoms with E-state index in [0.717, 1.165) is 6.20 Å². The number of halogens is 4. The smallest absolute Gasteiger partial charge is 0.163 e. The Labute approximate surface area is 210 Å². The molecule has 9 nitrogen and oxygen atoms in total. The van der Waals surface area contributed by atoms with Gasteiger partial charge in [-0.05, 0) is 38.1 Å². The highest BCUT2D eigenvalue weighted by Gasteiger charge is 2.29. The number of nitrogens with zero attached hydrogens (tertiary/aromatic N) is 6. The second-order valence-corrected chi connectivity index (χ2v) is 8.52. The Morgan fingerprint density at radius 2 is 2.17 bits per heavy atom. The molecule has 13 heteroatoms. The van der Waals surface area contributed by atoms with Crippen LogP contribution in [0.25, 0.3) is 16.8 Å². The summed E-state index contributed by atoms with van der Waals surface area (Å²) in [7, 11) is 0. The van der Waals surface area contributed by atoms with Crippen molar-refractivity contribution in [2.24, 2.45) is 0 Å². The van der Waals surface area contributed by atoms with Crippen molar-refractivity contribution in [2.75, 3.05) is 19.7 Å². The molecule has 1 aliphatic rings. The highest BCUT2D eigenvalue weighted by atomic mass is 35.5. The van der Waals surface area contributed by atoms with Crippen LogP contribution in [0.5, 0.6) is 5.75 Å². The van der Waals surface area contributed by atoms with Gasteiger partial charge >= 0.3 is 0 Å². The molecule has 4 aromatic rings. The van der Waals surface area contributed by atoms with Gasteiger partial charge in [-0.2, -0.15) is 5.10 Å². The number of aromatic nitrogens is 6. The fraction of sp³-hybridized carbons (Fsp3) is 0.364. The largest absolute Gasteiger partial charge is 0.479 e. The van der Waals surface area contributed by atoms with E-state index in [9.17, 15) is 13.9 Å². The standard InChI is InChI=1S/C22H22ClF2N7O2.ClH/c1-12-21(29-30-32(12)18-4-5-26-9-16(18)25)13-6-19(22-15(23)8-28-31(22)10-13)34-20(11-33)17-3-2-14(24)7-27-17;/h2-3,6-8,10,16,18,20,26,33H,4-5,9,11H2,1H3;1H/t16-,18-,20?;/m1./s1. The molecule has 5 heterocycles. The summed E-state index contributed by atoms with van der Waals surface area (Å²) in [6, 6.07) is 4.00. The fourth-order valence-electron chi connectivity index (χ4n) is 4.19. The zero-order valence-corrected chi connectivity index (χ0v) is 20.2. The zero-order chi connectivity index (χ0) is 23.8. The maximum absolute atomic E-state index is 14.5. The lowest BCUT2D eigenvalue weighted by Gasteiger charge is -2.27. The lowest BCUT2D eigenvalue weighted by molar-refractivity contribution is 0.114. The number of hydrogen-bond acceptors (Lipinski definition) is 7. The number of alkyl halides is 1. The average Bonchev–Trinajstić information content (AvgIpc) is 3.41. The van der Waals surface area contributed by atoms with E-state index in [0.29, 0.717) is 51.9 Å². The van der Waals surface area contributed by atoms with Crippen LogP contribution in [0.15, 0.2) is 36.8 Å². The minimum atomic E-state index is -1.07. The van der Waals surface area contributed by atoms with Crippen LogP contribution in [0.2, 0.25) is 5.02 Å². The van der Waals surface area contributed by atoms with E-state index in [-0.39, 0.29) is 19.0 Å². The lowest BCUT2D eigenvalue weighted by atomic mass is 10.0. The van der Waals surface area contributed by atoms with Gasteiger partial charge in [-0.3, -0.25) is 4.98 Å². The first kappa shape index (κ1) is 25.2. The van der Waals surface area contributed by atoms with Crippen molar-refractivity contribution < 1.29 is 18.6 Å². The summed E-state index contributed by atoms with van der Waals surface area (Å²) in [6.07, 6.45) is 2.93. The molecule has 0 bridgehead atoms. The number of aliphatic hydroxyl groups is 1. The Morgan fingerprint density at radius 3 is 2.89 bits per heavy atom. The molecule has 0 saturated carbocycles. The van der Waals surface area contributed by atoms with Gasteiger partial charge in [-0.1, -0.05) is 16.8 Å². The third-order valence-corrected chi connectivity index (χ3v) is 6.21. The van der Waals surface area contributed by atoms with Gasteiger partial charge in [0.2, 0.25) is 0 Å². The van der Waals surface area contributed by atoms with Gasteiger partial charge in [0.05, 0.1) is 41.5 Å². The van der Waals surface area contributed by atoms with Crippen molar-refractivity contribution in [3.63, 3.8) is 0 Å². The van der Waals surface area contributed by atoms with Crippen LogP contribution in [0.4, 0.5) is 8.78 Å². The topological polar surface area (TPSA) is 102 Å². The first-order valence-electron chi connectivity index (χ1n) is 10.8. The van der Waals surface area contributed by atoms with Gasteiger partial charge in [0, 0.05) is 18.3 Å². The van der Waals surface area contributed by atoms with E-state index in [1.54, 1.807) is 21.5 Å². The van der Waals surface area contributed by atoms with Crippen LogP contribution in [0, 0.1) is 12.7 Å². The monoisotopic (exact) mass is 525 g/mol. The molecular formula is C22H23Cl2F2N7O2. The molecule has 0 aromatic carbocycles. The fourth-order valence-corrected chi connectivity index (χ4v) is 4.42. The Balaban J connectivity index is 0.00000289. The van der Waals surface area contributed by atoms with Crippen molar-refractivity contribution in [3.8, 4) is 17.0 Å². The lowest BCUT2D eigenvalue weighted by Crippen LogP contribution is -2.39. The molecule has 1 fully saturated rings. The van der Waals surface area contributed by atoms with Crippen LogP contribution < -0.4 is 10.1 Å². The van der Waals surface area contributed by atoms with E-state index >= 15 is 0 Å². The normalized spacial score (nSPS) is 18.9. The van der Waals surface area contributed by atoms with Gasteiger partial charge in [-0.15, -0.1) is 17.5 Å². The third-order valence-electron chi connectivity index (χ3n) is 5.94. The number of rotatable bonds is 6. The first-order chi connectivity index (χ1) is 16.5. The van der Waals surface area contributed by atoms with Gasteiger partial charge in [-0.25, -0.2) is 18.0 Å². The summed E-state index contributed by atoms with van der Waals surface area (Å²) in [5.41, 5.74) is 2.71. The van der Waals surface area contributed by atoms with Crippen molar-refractivity contribution in [2.45, 2.75) is 31.7 Å². The van der Waals surface area contributed by atoms with E-state index in [1.165, 1.54) is 18.3 Å². The van der Waals surface area contributed by atoms with Gasteiger partial charge in [0.15, 0.2) is 6.10 Å². The van der Waals surface area contributed by atoms with Gasteiger partial charge in [0.1, 0.15) is 28.9 Å².